The molecule has 1 N–H and O–H groups in total. The van der Waals surface area contributed by atoms with Crippen LogP contribution in [0.4, 0.5) is 0 Å². The Labute approximate surface area is 145 Å². The van der Waals surface area contributed by atoms with E-state index >= 15 is 0 Å². The highest BCUT2D eigenvalue weighted by Gasteiger charge is 2.09. The number of halogens is 1. The number of hydrogen-bond donors (Lipinski definition) is 1. The van der Waals surface area contributed by atoms with E-state index in [1.165, 1.54) is 23.6 Å². The normalized spacial score (nSPS) is 16.0. The van der Waals surface area contributed by atoms with E-state index in [1.807, 2.05) is 11.8 Å². The highest BCUT2D eigenvalue weighted by Crippen LogP contribution is 2.21. The molecule has 8 heteroatoms. The van der Waals surface area contributed by atoms with Crippen LogP contribution in [-0.2, 0) is 14.9 Å². The standard InChI is InChI=1S/C13H18BrNOS.CH4O3S/c14-12-2-4-13(5-3-12)17-11-1-6-15-7-9-16-10-8-15;1-5(2,3)4/h2-5H,1,6-11H2;1H3,(H,2,3,4). The Morgan fingerprint density at radius 3 is 2.36 bits per heavy atom. The summed E-state index contributed by atoms with van der Waals surface area (Å²) in [7, 11) is -3.67. The van der Waals surface area contributed by atoms with Gasteiger partial charge in [0, 0.05) is 22.5 Å². The summed E-state index contributed by atoms with van der Waals surface area (Å²) in [5, 5.41) is 0. The fraction of sp³-hybridized carbons (Fsp3) is 0.571. The van der Waals surface area contributed by atoms with Crippen LogP contribution in [0.5, 0.6) is 0 Å². The quantitative estimate of drug-likeness (QED) is 0.456. The third kappa shape index (κ3) is 11.4. The van der Waals surface area contributed by atoms with Crippen LogP contribution in [0.25, 0.3) is 0 Å². The molecule has 0 aliphatic carbocycles. The van der Waals surface area contributed by atoms with Gasteiger partial charge in [0.2, 0.25) is 0 Å². The molecule has 1 saturated heterocycles. The Kier molecular flexibility index (Phi) is 9.62. The fourth-order valence-corrected chi connectivity index (χ4v) is 2.94. The maximum Gasteiger partial charge on any atom is 0.261 e. The van der Waals surface area contributed by atoms with E-state index in [-0.39, 0.29) is 0 Å². The van der Waals surface area contributed by atoms with Crippen LogP contribution >= 0.6 is 27.7 Å². The number of thioether (sulfide) groups is 1. The molecule has 1 fully saturated rings. The van der Waals surface area contributed by atoms with Gasteiger partial charge >= 0.3 is 0 Å². The van der Waals surface area contributed by atoms with E-state index in [0.717, 1.165) is 30.8 Å². The maximum absolute atomic E-state index is 9.19. The van der Waals surface area contributed by atoms with E-state index in [1.54, 1.807) is 0 Å². The molecule has 1 aliphatic rings. The first-order valence-corrected chi connectivity index (χ1v) is 10.6. The number of hydrogen-bond acceptors (Lipinski definition) is 5. The molecule has 0 bridgehead atoms. The summed E-state index contributed by atoms with van der Waals surface area (Å²) in [6.07, 6.45) is 1.97. The van der Waals surface area contributed by atoms with Crippen molar-refractivity contribution in [3.8, 4) is 0 Å². The molecule has 1 heterocycles. The average Bonchev–Trinajstić information content (AvgIpc) is 2.45. The van der Waals surface area contributed by atoms with Crippen LogP contribution < -0.4 is 0 Å². The summed E-state index contributed by atoms with van der Waals surface area (Å²) in [6.45, 7) is 5.21. The largest absolute Gasteiger partial charge is 0.379 e. The van der Waals surface area contributed by atoms with Crippen LogP contribution in [0.2, 0.25) is 0 Å². The van der Waals surface area contributed by atoms with Crippen molar-refractivity contribution in [3.05, 3.63) is 28.7 Å². The molecule has 0 radical (unpaired) electrons. The van der Waals surface area contributed by atoms with Gasteiger partial charge in [-0.3, -0.25) is 9.45 Å². The molecular weight excluding hydrogens is 390 g/mol. The van der Waals surface area contributed by atoms with Crippen molar-refractivity contribution >= 4 is 37.8 Å². The van der Waals surface area contributed by atoms with Gasteiger partial charge in [0.05, 0.1) is 19.5 Å². The van der Waals surface area contributed by atoms with E-state index in [0.29, 0.717) is 6.26 Å². The van der Waals surface area contributed by atoms with E-state index < -0.39 is 10.1 Å². The zero-order chi connectivity index (χ0) is 16.4. The number of benzene rings is 1. The minimum Gasteiger partial charge on any atom is -0.379 e. The molecule has 126 valence electrons. The second-order valence-electron chi connectivity index (χ2n) is 4.84. The van der Waals surface area contributed by atoms with Gasteiger partial charge < -0.3 is 4.74 Å². The lowest BCUT2D eigenvalue weighted by Gasteiger charge is -2.26. The molecule has 2 rings (SSSR count). The molecular formula is C14H22BrNO4S2. The van der Waals surface area contributed by atoms with Crippen molar-refractivity contribution in [2.24, 2.45) is 0 Å². The smallest absolute Gasteiger partial charge is 0.261 e. The molecule has 1 aromatic carbocycles. The summed E-state index contributed by atoms with van der Waals surface area (Å²) >= 11 is 5.39. The van der Waals surface area contributed by atoms with Crippen LogP contribution in [0.15, 0.2) is 33.6 Å². The van der Waals surface area contributed by atoms with Gasteiger partial charge in [-0.25, -0.2) is 0 Å². The molecule has 0 unspecified atom stereocenters. The fourth-order valence-electron chi connectivity index (χ4n) is 1.83. The van der Waals surface area contributed by atoms with Crippen molar-refractivity contribution in [2.45, 2.75) is 11.3 Å². The zero-order valence-electron chi connectivity index (χ0n) is 12.6. The van der Waals surface area contributed by atoms with E-state index in [9.17, 15) is 8.42 Å². The third-order valence-electron chi connectivity index (χ3n) is 2.80. The summed E-state index contributed by atoms with van der Waals surface area (Å²) in [5.41, 5.74) is 0. The Bertz CT molecular complexity index is 508. The predicted octanol–water partition coefficient (Wildman–Crippen LogP) is 2.77. The minimum absolute atomic E-state index is 0.715. The van der Waals surface area contributed by atoms with Gasteiger partial charge in [-0.2, -0.15) is 8.42 Å². The first kappa shape index (κ1) is 19.9. The monoisotopic (exact) mass is 411 g/mol. The Morgan fingerprint density at radius 1 is 1.27 bits per heavy atom. The van der Waals surface area contributed by atoms with Crippen molar-refractivity contribution < 1.29 is 17.7 Å². The van der Waals surface area contributed by atoms with Crippen molar-refractivity contribution in [3.63, 3.8) is 0 Å². The third-order valence-corrected chi connectivity index (χ3v) is 4.43. The summed E-state index contributed by atoms with van der Waals surface area (Å²) < 4.78 is 32.4. The van der Waals surface area contributed by atoms with Gasteiger partial charge in [0.15, 0.2) is 0 Å². The SMILES string of the molecule is Brc1ccc(SCCCN2CCOCC2)cc1.CS(=O)(=O)O. The van der Waals surface area contributed by atoms with Crippen LogP contribution in [0, 0.1) is 0 Å². The molecule has 0 amide bonds. The molecule has 0 saturated carbocycles. The van der Waals surface area contributed by atoms with Crippen molar-refractivity contribution in [1.82, 2.24) is 4.90 Å². The van der Waals surface area contributed by atoms with Gasteiger partial charge in [-0.1, -0.05) is 15.9 Å². The topological polar surface area (TPSA) is 66.8 Å². The zero-order valence-corrected chi connectivity index (χ0v) is 15.8. The summed E-state index contributed by atoms with van der Waals surface area (Å²) in [6, 6.07) is 8.54. The lowest BCUT2D eigenvalue weighted by molar-refractivity contribution is 0.0381. The highest BCUT2D eigenvalue weighted by atomic mass is 79.9. The lowest BCUT2D eigenvalue weighted by atomic mass is 10.3. The minimum atomic E-state index is -3.67. The second kappa shape index (κ2) is 10.6. The summed E-state index contributed by atoms with van der Waals surface area (Å²) in [5.74, 6) is 1.19. The molecule has 1 aromatic rings. The number of nitrogens with zero attached hydrogens (tertiary/aromatic N) is 1. The van der Waals surface area contributed by atoms with Gasteiger partial charge in [0.25, 0.3) is 10.1 Å². The first-order valence-electron chi connectivity index (χ1n) is 6.95. The van der Waals surface area contributed by atoms with Crippen LogP contribution in [-0.4, -0.2) is 62.7 Å². The first-order chi connectivity index (χ1) is 10.3. The Balaban J connectivity index is 0.000000422. The number of morpholine rings is 1. The van der Waals surface area contributed by atoms with Crippen molar-refractivity contribution in [2.75, 3.05) is 44.9 Å². The Morgan fingerprint density at radius 2 is 1.82 bits per heavy atom. The maximum atomic E-state index is 9.19. The Hall–Kier alpha value is -0.120. The molecule has 22 heavy (non-hydrogen) atoms. The van der Waals surface area contributed by atoms with E-state index in [4.69, 9.17) is 9.29 Å². The van der Waals surface area contributed by atoms with E-state index in [2.05, 4.69) is 45.1 Å². The number of ether oxygens (including phenoxy) is 1. The van der Waals surface area contributed by atoms with Crippen molar-refractivity contribution in [1.29, 1.82) is 0 Å². The highest BCUT2D eigenvalue weighted by molar-refractivity contribution is 9.10. The van der Waals surface area contributed by atoms with Gasteiger partial charge in [-0.05, 0) is 43.0 Å². The number of rotatable bonds is 5. The molecule has 5 nitrogen and oxygen atoms in total. The molecule has 0 aromatic heterocycles. The van der Waals surface area contributed by atoms with Gasteiger partial charge in [0.1, 0.15) is 0 Å². The molecule has 0 spiro atoms. The summed E-state index contributed by atoms with van der Waals surface area (Å²) in [4.78, 5) is 3.85. The molecule has 1 aliphatic heterocycles. The van der Waals surface area contributed by atoms with Gasteiger partial charge in [-0.15, -0.1) is 11.8 Å². The average molecular weight is 412 g/mol. The van der Waals surface area contributed by atoms with Crippen LogP contribution in [0.1, 0.15) is 6.42 Å². The van der Waals surface area contributed by atoms with Crippen LogP contribution in [0.3, 0.4) is 0 Å². The lowest BCUT2D eigenvalue weighted by Crippen LogP contribution is -2.36. The molecule has 0 atom stereocenters. The second-order valence-corrected chi connectivity index (χ2v) is 8.39. The predicted molar refractivity (Wildman–Crippen MR) is 94.2 cm³/mol.